The van der Waals surface area contributed by atoms with E-state index in [2.05, 4.69) is 40.2 Å². The topological polar surface area (TPSA) is 64.0 Å². The first-order valence-corrected chi connectivity index (χ1v) is 9.56. The zero-order chi connectivity index (χ0) is 14.9. The van der Waals surface area contributed by atoms with Gasteiger partial charge in [0.1, 0.15) is 0 Å². The second kappa shape index (κ2) is 6.15. The standard InChI is InChI=1S/C13H22BrN3O2S/c1-9(2)17-13(11(14)7-16-17)12(15-3)6-10-4-5-20(18,19)8-10/h7,9-10,12,15H,4-6,8H2,1-3H3. The summed E-state index contributed by atoms with van der Waals surface area (Å²) in [6, 6.07) is 0.395. The van der Waals surface area contributed by atoms with Crippen molar-refractivity contribution in [1.82, 2.24) is 15.1 Å². The number of aromatic nitrogens is 2. The van der Waals surface area contributed by atoms with E-state index in [0.717, 1.165) is 23.0 Å². The van der Waals surface area contributed by atoms with Crippen LogP contribution >= 0.6 is 15.9 Å². The van der Waals surface area contributed by atoms with Gasteiger partial charge in [0.25, 0.3) is 0 Å². The van der Waals surface area contributed by atoms with Crippen LogP contribution < -0.4 is 5.32 Å². The maximum atomic E-state index is 11.6. The van der Waals surface area contributed by atoms with E-state index in [1.54, 1.807) is 0 Å². The van der Waals surface area contributed by atoms with Crippen molar-refractivity contribution >= 4 is 25.8 Å². The molecule has 2 unspecified atom stereocenters. The van der Waals surface area contributed by atoms with Crippen LogP contribution in [0.4, 0.5) is 0 Å². The lowest BCUT2D eigenvalue weighted by atomic mass is 9.97. The van der Waals surface area contributed by atoms with Crippen molar-refractivity contribution in [2.45, 2.75) is 38.8 Å². The van der Waals surface area contributed by atoms with Crippen LogP contribution in [0.1, 0.15) is 44.5 Å². The van der Waals surface area contributed by atoms with E-state index < -0.39 is 9.84 Å². The molecule has 0 amide bonds. The lowest BCUT2D eigenvalue weighted by Crippen LogP contribution is -2.24. The van der Waals surface area contributed by atoms with E-state index in [4.69, 9.17) is 0 Å². The van der Waals surface area contributed by atoms with Crippen LogP contribution in [0, 0.1) is 5.92 Å². The number of nitrogens with zero attached hydrogens (tertiary/aromatic N) is 2. The molecular formula is C13H22BrN3O2S. The summed E-state index contributed by atoms with van der Waals surface area (Å²) in [6.45, 7) is 4.19. The SMILES string of the molecule is CNC(CC1CCS(=O)(=O)C1)c1c(Br)cnn1C(C)C. The molecule has 2 rings (SSSR count). The predicted octanol–water partition coefficient (Wildman–Crippen LogP) is 2.31. The summed E-state index contributed by atoms with van der Waals surface area (Å²) in [5.41, 5.74) is 1.10. The molecule has 0 aliphatic carbocycles. The highest BCUT2D eigenvalue weighted by Crippen LogP contribution is 2.33. The molecule has 0 spiro atoms. The van der Waals surface area contributed by atoms with Crippen molar-refractivity contribution in [2.24, 2.45) is 5.92 Å². The molecule has 0 bridgehead atoms. The fraction of sp³-hybridized carbons (Fsp3) is 0.769. The van der Waals surface area contributed by atoms with Gasteiger partial charge in [-0.15, -0.1) is 0 Å². The third kappa shape index (κ3) is 3.43. The van der Waals surface area contributed by atoms with E-state index in [-0.39, 0.29) is 18.0 Å². The molecule has 1 aromatic rings. The van der Waals surface area contributed by atoms with E-state index in [1.165, 1.54) is 0 Å². The van der Waals surface area contributed by atoms with Gasteiger partial charge in [-0.05, 0) is 55.6 Å². The highest BCUT2D eigenvalue weighted by Gasteiger charge is 2.31. The molecule has 1 saturated heterocycles. The number of hydrogen-bond acceptors (Lipinski definition) is 4. The second-order valence-corrected chi connectivity index (χ2v) is 8.85. The summed E-state index contributed by atoms with van der Waals surface area (Å²) in [6.07, 6.45) is 3.41. The van der Waals surface area contributed by atoms with Crippen molar-refractivity contribution in [3.05, 3.63) is 16.4 Å². The minimum atomic E-state index is -2.82. The van der Waals surface area contributed by atoms with Gasteiger partial charge in [0.15, 0.2) is 9.84 Å². The van der Waals surface area contributed by atoms with E-state index >= 15 is 0 Å². The van der Waals surface area contributed by atoms with Crippen molar-refractivity contribution in [1.29, 1.82) is 0 Å². The predicted molar refractivity (Wildman–Crippen MR) is 83.5 cm³/mol. The summed E-state index contributed by atoms with van der Waals surface area (Å²) in [4.78, 5) is 0. The molecule has 20 heavy (non-hydrogen) atoms. The molecule has 0 radical (unpaired) electrons. The first-order chi connectivity index (χ1) is 9.34. The Morgan fingerprint density at radius 1 is 1.55 bits per heavy atom. The summed E-state index contributed by atoms with van der Waals surface area (Å²) in [5.74, 6) is 0.886. The Morgan fingerprint density at radius 3 is 2.75 bits per heavy atom. The van der Waals surface area contributed by atoms with Gasteiger partial charge < -0.3 is 5.32 Å². The van der Waals surface area contributed by atoms with Gasteiger partial charge in [-0.2, -0.15) is 5.10 Å². The Hall–Kier alpha value is -0.400. The summed E-state index contributed by atoms with van der Waals surface area (Å²) in [7, 11) is -0.902. The van der Waals surface area contributed by atoms with Gasteiger partial charge in [-0.25, -0.2) is 8.42 Å². The molecule has 1 fully saturated rings. The van der Waals surface area contributed by atoms with Gasteiger partial charge in [-0.3, -0.25) is 4.68 Å². The Labute approximate surface area is 129 Å². The lowest BCUT2D eigenvalue weighted by Gasteiger charge is -2.23. The highest BCUT2D eigenvalue weighted by atomic mass is 79.9. The van der Waals surface area contributed by atoms with Crippen LogP contribution in [0.25, 0.3) is 0 Å². The Balaban J connectivity index is 2.19. The molecule has 1 aliphatic heterocycles. The molecule has 7 heteroatoms. The van der Waals surface area contributed by atoms with Crippen LogP contribution in [0.15, 0.2) is 10.7 Å². The number of halogens is 1. The number of rotatable bonds is 5. The molecule has 114 valence electrons. The Morgan fingerprint density at radius 2 is 2.25 bits per heavy atom. The third-order valence-electron chi connectivity index (χ3n) is 3.85. The van der Waals surface area contributed by atoms with Crippen LogP contribution in [-0.4, -0.2) is 36.8 Å². The van der Waals surface area contributed by atoms with Crippen LogP contribution in [-0.2, 0) is 9.84 Å². The molecule has 5 nitrogen and oxygen atoms in total. The fourth-order valence-electron chi connectivity index (χ4n) is 2.85. The molecule has 1 aliphatic rings. The average molecular weight is 364 g/mol. The number of hydrogen-bond donors (Lipinski definition) is 1. The van der Waals surface area contributed by atoms with Crippen LogP contribution in [0.3, 0.4) is 0 Å². The molecule has 2 atom stereocenters. The van der Waals surface area contributed by atoms with Gasteiger partial charge in [0.05, 0.1) is 33.9 Å². The van der Waals surface area contributed by atoms with Gasteiger partial charge in [-0.1, -0.05) is 0 Å². The minimum Gasteiger partial charge on any atom is -0.312 e. The smallest absolute Gasteiger partial charge is 0.150 e. The van der Waals surface area contributed by atoms with E-state index in [9.17, 15) is 8.42 Å². The first-order valence-electron chi connectivity index (χ1n) is 6.94. The van der Waals surface area contributed by atoms with Crippen LogP contribution in [0.2, 0.25) is 0 Å². The van der Waals surface area contributed by atoms with Gasteiger partial charge >= 0.3 is 0 Å². The zero-order valence-electron chi connectivity index (χ0n) is 12.1. The number of nitrogens with one attached hydrogen (secondary N) is 1. The van der Waals surface area contributed by atoms with Crippen LogP contribution in [0.5, 0.6) is 0 Å². The maximum Gasteiger partial charge on any atom is 0.150 e. The minimum absolute atomic E-state index is 0.118. The summed E-state index contributed by atoms with van der Waals surface area (Å²) < 4.78 is 26.2. The normalized spacial score (nSPS) is 23.4. The summed E-state index contributed by atoms with van der Waals surface area (Å²) in [5, 5.41) is 7.71. The van der Waals surface area contributed by atoms with Crippen molar-refractivity contribution in [3.63, 3.8) is 0 Å². The summed E-state index contributed by atoms with van der Waals surface area (Å²) >= 11 is 3.56. The quantitative estimate of drug-likeness (QED) is 0.871. The monoisotopic (exact) mass is 363 g/mol. The van der Waals surface area contributed by atoms with Gasteiger partial charge in [0, 0.05) is 6.04 Å². The fourth-order valence-corrected chi connectivity index (χ4v) is 5.28. The lowest BCUT2D eigenvalue weighted by molar-refractivity contribution is 0.395. The van der Waals surface area contributed by atoms with Gasteiger partial charge in [0.2, 0.25) is 0 Å². The third-order valence-corrected chi connectivity index (χ3v) is 6.30. The molecule has 1 N–H and O–H groups in total. The van der Waals surface area contributed by atoms with Crippen molar-refractivity contribution in [2.75, 3.05) is 18.6 Å². The average Bonchev–Trinajstić information content (AvgIpc) is 2.89. The van der Waals surface area contributed by atoms with E-state index in [0.29, 0.717) is 11.5 Å². The molecular weight excluding hydrogens is 342 g/mol. The number of sulfone groups is 1. The Kier molecular flexibility index (Phi) is 4.92. The van der Waals surface area contributed by atoms with Crippen molar-refractivity contribution in [3.8, 4) is 0 Å². The first kappa shape index (κ1) is 16.0. The molecule has 0 saturated carbocycles. The van der Waals surface area contributed by atoms with E-state index in [1.807, 2.05) is 17.9 Å². The Bertz CT molecular complexity index is 568. The zero-order valence-corrected chi connectivity index (χ0v) is 14.5. The second-order valence-electron chi connectivity index (χ2n) is 5.76. The molecule has 1 aromatic heterocycles. The maximum absolute atomic E-state index is 11.6. The highest BCUT2D eigenvalue weighted by molar-refractivity contribution is 9.10. The van der Waals surface area contributed by atoms with Crippen molar-refractivity contribution < 1.29 is 8.42 Å². The largest absolute Gasteiger partial charge is 0.312 e. The molecule has 0 aromatic carbocycles. The molecule has 2 heterocycles.